The molecule has 25 heavy (non-hydrogen) atoms. The van der Waals surface area contributed by atoms with Gasteiger partial charge in [-0.2, -0.15) is 0 Å². The summed E-state index contributed by atoms with van der Waals surface area (Å²) in [4.78, 5) is 12.6. The molecule has 1 atom stereocenters. The second-order valence-electron chi connectivity index (χ2n) is 6.23. The van der Waals surface area contributed by atoms with Gasteiger partial charge in [-0.15, -0.1) is 0 Å². The standard InChI is InChI=1S/C19H23NO4S/c1-13(2)17-7-5-6-8-18(17)20-19(21)14(3)24-15-9-11-16(12-10-15)25(4,22)23/h5-14H,1-4H3,(H,20,21). The first kappa shape index (κ1) is 19.0. The zero-order valence-corrected chi connectivity index (χ0v) is 15.6. The smallest absolute Gasteiger partial charge is 0.265 e. The molecule has 0 aliphatic rings. The van der Waals surface area contributed by atoms with E-state index in [0.717, 1.165) is 17.5 Å². The van der Waals surface area contributed by atoms with Gasteiger partial charge < -0.3 is 10.1 Å². The molecule has 0 bridgehead atoms. The number of nitrogens with one attached hydrogen (secondary N) is 1. The Kier molecular flexibility index (Phi) is 5.85. The Bertz CT molecular complexity index is 842. The summed E-state index contributed by atoms with van der Waals surface area (Å²) >= 11 is 0. The fourth-order valence-electron chi connectivity index (χ4n) is 2.37. The molecule has 1 N–H and O–H groups in total. The molecule has 0 aliphatic carbocycles. The lowest BCUT2D eigenvalue weighted by molar-refractivity contribution is -0.122. The van der Waals surface area contributed by atoms with Gasteiger partial charge in [0.05, 0.1) is 4.90 Å². The molecular weight excluding hydrogens is 338 g/mol. The number of hydrogen-bond donors (Lipinski definition) is 1. The highest BCUT2D eigenvalue weighted by Crippen LogP contribution is 2.24. The Morgan fingerprint density at radius 3 is 2.16 bits per heavy atom. The van der Waals surface area contributed by atoms with Gasteiger partial charge in [0.15, 0.2) is 15.9 Å². The molecule has 5 nitrogen and oxygen atoms in total. The highest BCUT2D eigenvalue weighted by molar-refractivity contribution is 7.90. The largest absolute Gasteiger partial charge is 0.481 e. The number of ether oxygens (including phenoxy) is 1. The van der Waals surface area contributed by atoms with Crippen molar-refractivity contribution < 1.29 is 17.9 Å². The lowest BCUT2D eigenvalue weighted by Gasteiger charge is -2.18. The maximum atomic E-state index is 12.4. The van der Waals surface area contributed by atoms with Crippen LogP contribution < -0.4 is 10.1 Å². The van der Waals surface area contributed by atoms with Gasteiger partial charge in [-0.25, -0.2) is 8.42 Å². The molecule has 0 aliphatic heterocycles. The number of anilines is 1. The molecule has 2 rings (SSSR count). The second kappa shape index (κ2) is 7.70. The minimum atomic E-state index is -3.25. The average Bonchev–Trinajstić information content (AvgIpc) is 2.54. The van der Waals surface area contributed by atoms with Gasteiger partial charge in [0.25, 0.3) is 5.91 Å². The SMILES string of the molecule is CC(Oc1ccc(S(C)(=O)=O)cc1)C(=O)Nc1ccccc1C(C)C. The van der Waals surface area contributed by atoms with Gasteiger partial charge >= 0.3 is 0 Å². The highest BCUT2D eigenvalue weighted by Gasteiger charge is 2.17. The summed E-state index contributed by atoms with van der Waals surface area (Å²) in [6.45, 7) is 5.78. The molecule has 2 aromatic carbocycles. The van der Waals surface area contributed by atoms with Crippen LogP contribution in [0.2, 0.25) is 0 Å². The van der Waals surface area contributed by atoms with E-state index in [2.05, 4.69) is 19.2 Å². The van der Waals surface area contributed by atoms with Gasteiger partial charge in [-0.3, -0.25) is 4.79 Å². The Hall–Kier alpha value is -2.34. The van der Waals surface area contributed by atoms with Gasteiger partial charge in [0.1, 0.15) is 5.75 Å². The number of amides is 1. The van der Waals surface area contributed by atoms with Crippen LogP contribution in [0.3, 0.4) is 0 Å². The van der Waals surface area contributed by atoms with E-state index < -0.39 is 15.9 Å². The van der Waals surface area contributed by atoms with Gasteiger partial charge in [-0.1, -0.05) is 32.0 Å². The monoisotopic (exact) mass is 361 g/mol. The Morgan fingerprint density at radius 1 is 1.00 bits per heavy atom. The first-order valence-electron chi connectivity index (χ1n) is 8.05. The number of sulfone groups is 1. The van der Waals surface area contributed by atoms with Crippen molar-refractivity contribution >= 4 is 21.4 Å². The van der Waals surface area contributed by atoms with Crippen LogP contribution in [0, 0.1) is 0 Å². The topological polar surface area (TPSA) is 72.5 Å². The summed E-state index contributed by atoms with van der Waals surface area (Å²) in [6.07, 6.45) is 0.426. The van der Waals surface area contributed by atoms with Crippen molar-refractivity contribution in [3.8, 4) is 5.75 Å². The van der Waals surface area contributed by atoms with E-state index in [0.29, 0.717) is 5.75 Å². The fourth-order valence-corrected chi connectivity index (χ4v) is 3.00. The zero-order valence-electron chi connectivity index (χ0n) is 14.8. The van der Waals surface area contributed by atoms with Crippen LogP contribution in [0.25, 0.3) is 0 Å². The molecule has 0 saturated carbocycles. The van der Waals surface area contributed by atoms with Gasteiger partial charge in [0, 0.05) is 11.9 Å². The van der Waals surface area contributed by atoms with Crippen molar-refractivity contribution in [3.05, 3.63) is 54.1 Å². The number of carbonyl (C=O) groups excluding carboxylic acids is 1. The van der Waals surface area contributed by atoms with Crippen molar-refractivity contribution in [2.45, 2.75) is 37.7 Å². The Balaban J connectivity index is 2.06. The Labute approximate surface area is 148 Å². The molecule has 0 heterocycles. The molecule has 6 heteroatoms. The third kappa shape index (κ3) is 5.06. The quantitative estimate of drug-likeness (QED) is 0.853. The van der Waals surface area contributed by atoms with Gasteiger partial charge in [0.2, 0.25) is 0 Å². The summed E-state index contributed by atoms with van der Waals surface area (Å²) in [6, 6.07) is 13.7. The van der Waals surface area contributed by atoms with E-state index >= 15 is 0 Å². The first-order chi connectivity index (χ1) is 11.7. The van der Waals surface area contributed by atoms with Crippen LogP contribution in [0.5, 0.6) is 5.75 Å². The molecule has 0 fully saturated rings. The zero-order chi connectivity index (χ0) is 18.6. The van der Waals surface area contributed by atoms with Crippen LogP contribution >= 0.6 is 0 Å². The first-order valence-corrected chi connectivity index (χ1v) is 9.94. The third-order valence-electron chi connectivity index (χ3n) is 3.77. The van der Waals surface area contributed by atoms with Crippen molar-refractivity contribution in [1.82, 2.24) is 0 Å². The predicted molar refractivity (Wildman–Crippen MR) is 98.8 cm³/mol. The molecule has 0 spiro atoms. The molecule has 0 aromatic heterocycles. The van der Waals surface area contributed by atoms with E-state index in [4.69, 9.17) is 4.74 Å². The van der Waals surface area contributed by atoms with Crippen molar-refractivity contribution in [2.24, 2.45) is 0 Å². The summed E-state index contributed by atoms with van der Waals surface area (Å²) < 4.78 is 28.5. The molecule has 0 saturated heterocycles. The summed E-state index contributed by atoms with van der Waals surface area (Å²) in [5, 5.41) is 2.89. The molecule has 0 radical (unpaired) electrons. The molecular formula is C19H23NO4S. The van der Waals surface area contributed by atoms with E-state index in [-0.39, 0.29) is 16.7 Å². The van der Waals surface area contributed by atoms with Crippen LogP contribution in [-0.2, 0) is 14.6 Å². The minimum absolute atomic E-state index is 0.211. The van der Waals surface area contributed by atoms with E-state index in [9.17, 15) is 13.2 Å². The second-order valence-corrected chi connectivity index (χ2v) is 8.25. The number of benzene rings is 2. The van der Waals surface area contributed by atoms with Crippen LogP contribution in [-0.4, -0.2) is 26.7 Å². The van der Waals surface area contributed by atoms with Crippen molar-refractivity contribution in [2.75, 3.05) is 11.6 Å². The molecule has 2 aromatic rings. The maximum Gasteiger partial charge on any atom is 0.265 e. The fraction of sp³-hybridized carbons (Fsp3) is 0.316. The van der Waals surface area contributed by atoms with E-state index in [1.165, 1.54) is 12.1 Å². The molecule has 1 unspecified atom stereocenters. The minimum Gasteiger partial charge on any atom is -0.481 e. The van der Waals surface area contributed by atoms with E-state index in [1.54, 1.807) is 19.1 Å². The number of rotatable bonds is 6. The number of carbonyl (C=O) groups is 1. The average molecular weight is 361 g/mol. The third-order valence-corrected chi connectivity index (χ3v) is 4.90. The van der Waals surface area contributed by atoms with Crippen molar-refractivity contribution in [1.29, 1.82) is 0 Å². The highest BCUT2D eigenvalue weighted by atomic mass is 32.2. The number of hydrogen-bond acceptors (Lipinski definition) is 4. The Morgan fingerprint density at radius 2 is 1.60 bits per heavy atom. The maximum absolute atomic E-state index is 12.4. The van der Waals surface area contributed by atoms with E-state index in [1.807, 2.05) is 24.3 Å². The molecule has 134 valence electrons. The van der Waals surface area contributed by atoms with Gasteiger partial charge in [-0.05, 0) is 48.7 Å². The lowest BCUT2D eigenvalue weighted by atomic mass is 10.0. The van der Waals surface area contributed by atoms with Crippen LogP contribution in [0.4, 0.5) is 5.69 Å². The van der Waals surface area contributed by atoms with Crippen LogP contribution in [0.15, 0.2) is 53.4 Å². The lowest BCUT2D eigenvalue weighted by Crippen LogP contribution is -2.30. The number of para-hydroxylation sites is 1. The summed E-state index contributed by atoms with van der Waals surface area (Å²) in [5.41, 5.74) is 1.82. The molecule has 1 amide bonds. The summed E-state index contributed by atoms with van der Waals surface area (Å²) in [7, 11) is -3.25. The summed E-state index contributed by atoms with van der Waals surface area (Å²) in [5.74, 6) is 0.462. The van der Waals surface area contributed by atoms with Crippen molar-refractivity contribution in [3.63, 3.8) is 0 Å². The predicted octanol–water partition coefficient (Wildman–Crippen LogP) is 3.62. The van der Waals surface area contributed by atoms with Crippen LogP contribution in [0.1, 0.15) is 32.3 Å². The normalized spacial score (nSPS) is 12.7.